The summed E-state index contributed by atoms with van der Waals surface area (Å²) in [5.74, 6) is -0.258. The summed E-state index contributed by atoms with van der Waals surface area (Å²) >= 11 is 0. The first-order chi connectivity index (χ1) is 9.66. The lowest BCUT2D eigenvalue weighted by Gasteiger charge is -2.34. The van der Waals surface area contributed by atoms with E-state index in [-0.39, 0.29) is 19.0 Å². The molecule has 2 atom stereocenters. The van der Waals surface area contributed by atoms with Crippen molar-refractivity contribution in [2.45, 2.75) is 44.9 Å². The van der Waals surface area contributed by atoms with E-state index in [1.54, 1.807) is 18.2 Å². The lowest BCUT2D eigenvalue weighted by molar-refractivity contribution is -0.00200. The minimum atomic E-state index is -0.512. The first kappa shape index (κ1) is 15.4. The Balaban J connectivity index is 1.70. The number of β-amino-alcohol motifs (C(OH)–C–C–N with tert-alkyl or cyclic N) is 1. The molecule has 1 heterocycles. The van der Waals surface area contributed by atoms with E-state index in [1.807, 2.05) is 0 Å². The summed E-state index contributed by atoms with van der Waals surface area (Å²) in [5, 5.41) is 10.0. The summed E-state index contributed by atoms with van der Waals surface area (Å²) in [6, 6.07) is 7.10. The van der Waals surface area contributed by atoms with Gasteiger partial charge < -0.3 is 9.84 Å². The molecule has 1 fully saturated rings. The highest BCUT2D eigenvalue weighted by molar-refractivity contribution is 5.16. The minimum Gasteiger partial charge on any atom is -0.389 e. The zero-order valence-corrected chi connectivity index (χ0v) is 12.1. The molecular formula is C16H24FNO2. The van der Waals surface area contributed by atoms with E-state index in [1.165, 1.54) is 25.3 Å². The van der Waals surface area contributed by atoms with Crippen LogP contribution in [-0.2, 0) is 11.3 Å². The van der Waals surface area contributed by atoms with Crippen molar-refractivity contribution in [1.29, 1.82) is 0 Å². The number of hydrogen-bond donors (Lipinski definition) is 1. The van der Waals surface area contributed by atoms with Crippen molar-refractivity contribution in [3.8, 4) is 0 Å². The van der Waals surface area contributed by atoms with E-state index >= 15 is 0 Å². The SMILES string of the molecule is CC1CCCCN1CC(O)COCc1ccccc1F. The molecule has 0 aromatic heterocycles. The quantitative estimate of drug-likeness (QED) is 0.870. The van der Waals surface area contributed by atoms with Crippen LogP contribution in [0.5, 0.6) is 0 Å². The second-order valence-electron chi connectivity index (χ2n) is 5.60. The molecule has 1 aromatic carbocycles. The maximum Gasteiger partial charge on any atom is 0.128 e. The van der Waals surface area contributed by atoms with Gasteiger partial charge in [-0.15, -0.1) is 0 Å². The summed E-state index contributed by atoms with van der Waals surface area (Å²) in [4.78, 5) is 2.31. The number of piperidine rings is 1. The molecule has 0 spiro atoms. The number of halogens is 1. The lowest BCUT2D eigenvalue weighted by atomic mass is 10.0. The van der Waals surface area contributed by atoms with Crippen molar-refractivity contribution < 1.29 is 14.2 Å². The van der Waals surface area contributed by atoms with Gasteiger partial charge in [0.2, 0.25) is 0 Å². The Morgan fingerprint density at radius 1 is 1.40 bits per heavy atom. The molecular weight excluding hydrogens is 257 g/mol. The molecule has 1 N–H and O–H groups in total. The average Bonchev–Trinajstić information content (AvgIpc) is 2.43. The molecule has 1 saturated heterocycles. The highest BCUT2D eigenvalue weighted by atomic mass is 19.1. The van der Waals surface area contributed by atoms with Crippen molar-refractivity contribution in [1.82, 2.24) is 4.90 Å². The third-order valence-electron chi connectivity index (χ3n) is 3.91. The van der Waals surface area contributed by atoms with E-state index in [0.29, 0.717) is 18.2 Å². The van der Waals surface area contributed by atoms with Crippen molar-refractivity contribution in [2.75, 3.05) is 19.7 Å². The summed E-state index contributed by atoms with van der Waals surface area (Å²) < 4.78 is 18.8. The third kappa shape index (κ3) is 4.54. The van der Waals surface area contributed by atoms with Crippen molar-refractivity contribution in [3.63, 3.8) is 0 Å². The van der Waals surface area contributed by atoms with Gasteiger partial charge in [0.15, 0.2) is 0 Å². The first-order valence-electron chi connectivity index (χ1n) is 7.40. The predicted molar refractivity (Wildman–Crippen MR) is 76.9 cm³/mol. The van der Waals surface area contributed by atoms with Crippen LogP contribution < -0.4 is 0 Å². The van der Waals surface area contributed by atoms with E-state index in [9.17, 15) is 9.50 Å². The van der Waals surface area contributed by atoms with Gasteiger partial charge in [-0.3, -0.25) is 4.90 Å². The first-order valence-corrected chi connectivity index (χ1v) is 7.40. The maximum absolute atomic E-state index is 13.4. The number of aliphatic hydroxyl groups is 1. The second kappa shape index (κ2) is 7.72. The van der Waals surface area contributed by atoms with Gasteiger partial charge in [0.1, 0.15) is 5.82 Å². The molecule has 0 bridgehead atoms. The zero-order chi connectivity index (χ0) is 14.4. The molecule has 2 rings (SSSR count). The molecule has 112 valence electrons. The number of benzene rings is 1. The zero-order valence-electron chi connectivity index (χ0n) is 12.1. The van der Waals surface area contributed by atoms with Crippen LogP contribution in [0, 0.1) is 5.82 Å². The van der Waals surface area contributed by atoms with Crippen LogP contribution in [0.3, 0.4) is 0 Å². The smallest absolute Gasteiger partial charge is 0.128 e. The number of nitrogens with zero attached hydrogens (tertiary/aromatic N) is 1. The van der Waals surface area contributed by atoms with Crippen molar-refractivity contribution >= 4 is 0 Å². The van der Waals surface area contributed by atoms with Crippen LogP contribution in [0.1, 0.15) is 31.7 Å². The molecule has 1 aliphatic rings. The fourth-order valence-electron chi connectivity index (χ4n) is 2.67. The molecule has 0 aliphatic carbocycles. The Morgan fingerprint density at radius 3 is 2.95 bits per heavy atom. The lowest BCUT2D eigenvalue weighted by Crippen LogP contribution is -2.43. The van der Waals surface area contributed by atoms with Crippen LogP contribution in [-0.4, -0.2) is 41.8 Å². The van der Waals surface area contributed by atoms with Gasteiger partial charge in [0.05, 0.1) is 19.3 Å². The highest BCUT2D eigenvalue weighted by Crippen LogP contribution is 2.16. The number of likely N-dealkylation sites (tertiary alicyclic amines) is 1. The topological polar surface area (TPSA) is 32.7 Å². The predicted octanol–water partition coefficient (Wildman–Crippen LogP) is 2.58. The van der Waals surface area contributed by atoms with Crippen LogP contribution in [0.4, 0.5) is 4.39 Å². The maximum atomic E-state index is 13.4. The molecule has 0 radical (unpaired) electrons. The highest BCUT2D eigenvalue weighted by Gasteiger charge is 2.20. The van der Waals surface area contributed by atoms with Gasteiger partial charge in [0.25, 0.3) is 0 Å². The molecule has 2 unspecified atom stereocenters. The van der Waals surface area contributed by atoms with Gasteiger partial charge in [-0.05, 0) is 32.4 Å². The van der Waals surface area contributed by atoms with Gasteiger partial charge in [-0.25, -0.2) is 4.39 Å². The summed E-state index contributed by atoms with van der Waals surface area (Å²) in [7, 11) is 0. The number of hydrogen-bond acceptors (Lipinski definition) is 3. The molecule has 20 heavy (non-hydrogen) atoms. The summed E-state index contributed by atoms with van der Waals surface area (Å²) in [5.41, 5.74) is 0.533. The normalized spacial score (nSPS) is 21.9. The second-order valence-corrected chi connectivity index (χ2v) is 5.60. The average molecular weight is 281 g/mol. The Kier molecular flexibility index (Phi) is 5.95. The van der Waals surface area contributed by atoms with Crippen LogP contribution in [0.2, 0.25) is 0 Å². The molecule has 0 saturated carbocycles. The Morgan fingerprint density at radius 2 is 2.20 bits per heavy atom. The molecule has 0 amide bonds. The molecule has 1 aromatic rings. The van der Waals surface area contributed by atoms with E-state index < -0.39 is 6.10 Å². The third-order valence-corrected chi connectivity index (χ3v) is 3.91. The number of aliphatic hydroxyl groups excluding tert-OH is 1. The van der Waals surface area contributed by atoms with Crippen LogP contribution >= 0.6 is 0 Å². The molecule has 3 nitrogen and oxygen atoms in total. The standard InChI is InChI=1S/C16H24FNO2/c1-13-6-4-5-9-18(13)10-15(19)12-20-11-14-7-2-3-8-16(14)17/h2-3,7-8,13,15,19H,4-6,9-12H2,1H3. The van der Waals surface area contributed by atoms with Gasteiger partial charge >= 0.3 is 0 Å². The monoisotopic (exact) mass is 281 g/mol. The van der Waals surface area contributed by atoms with Crippen molar-refractivity contribution in [2.24, 2.45) is 0 Å². The fraction of sp³-hybridized carbons (Fsp3) is 0.625. The minimum absolute atomic E-state index is 0.208. The van der Waals surface area contributed by atoms with Gasteiger partial charge in [-0.2, -0.15) is 0 Å². The molecule has 1 aliphatic heterocycles. The summed E-state index contributed by atoms with van der Waals surface area (Å²) in [6.45, 7) is 4.34. The Hall–Kier alpha value is -0.970. The van der Waals surface area contributed by atoms with Gasteiger partial charge in [-0.1, -0.05) is 24.6 Å². The summed E-state index contributed by atoms with van der Waals surface area (Å²) in [6.07, 6.45) is 3.16. The van der Waals surface area contributed by atoms with Crippen molar-refractivity contribution in [3.05, 3.63) is 35.6 Å². The van der Waals surface area contributed by atoms with E-state index in [0.717, 1.165) is 6.54 Å². The van der Waals surface area contributed by atoms with E-state index in [2.05, 4.69) is 11.8 Å². The van der Waals surface area contributed by atoms with E-state index in [4.69, 9.17) is 4.74 Å². The number of ether oxygens (including phenoxy) is 1. The number of rotatable bonds is 6. The Labute approximate surface area is 120 Å². The molecule has 4 heteroatoms. The van der Waals surface area contributed by atoms with Crippen LogP contribution in [0.15, 0.2) is 24.3 Å². The Bertz CT molecular complexity index is 413. The fourth-order valence-corrected chi connectivity index (χ4v) is 2.67. The van der Waals surface area contributed by atoms with Gasteiger partial charge in [0, 0.05) is 18.2 Å². The van der Waals surface area contributed by atoms with Crippen LogP contribution in [0.25, 0.3) is 0 Å². The largest absolute Gasteiger partial charge is 0.389 e.